The molecule has 1 saturated heterocycles. The number of halogens is 3. The van der Waals surface area contributed by atoms with Crippen LogP contribution in [0, 0.1) is 11.6 Å². The van der Waals surface area contributed by atoms with Crippen molar-refractivity contribution in [1.82, 2.24) is 4.98 Å². The third-order valence-electron chi connectivity index (χ3n) is 3.88. The molecule has 2 aromatic rings. The van der Waals surface area contributed by atoms with Gasteiger partial charge in [-0.2, -0.15) is 0 Å². The van der Waals surface area contributed by atoms with E-state index in [9.17, 15) is 18.0 Å². The van der Waals surface area contributed by atoms with E-state index in [-0.39, 0.29) is 23.7 Å². The summed E-state index contributed by atoms with van der Waals surface area (Å²) < 4.78 is 41.2. The topological polar surface area (TPSA) is 45.2 Å². The van der Waals surface area contributed by atoms with Crippen LogP contribution in [0.3, 0.4) is 0 Å². The first kappa shape index (κ1) is 16.3. The molecule has 126 valence electrons. The van der Waals surface area contributed by atoms with Crippen LogP contribution in [0.1, 0.15) is 13.3 Å². The second-order valence-corrected chi connectivity index (χ2v) is 5.69. The standard InChI is InChI=1S/C17H16F3N3O/c1-10(24)22-16-13(14-8-11(18)2-3-15(14)20)4-6-21-17(16)23-7-5-12(19)9-23/h2-4,6,8,12H,5,7,9H2,1H3,(H,22,24). The molecule has 1 amide bonds. The summed E-state index contributed by atoms with van der Waals surface area (Å²) >= 11 is 0. The van der Waals surface area contributed by atoms with Crippen molar-refractivity contribution in [2.24, 2.45) is 0 Å². The minimum Gasteiger partial charge on any atom is -0.352 e. The third-order valence-corrected chi connectivity index (χ3v) is 3.88. The smallest absolute Gasteiger partial charge is 0.221 e. The van der Waals surface area contributed by atoms with Crippen LogP contribution in [-0.4, -0.2) is 30.2 Å². The number of rotatable bonds is 3. The summed E-state index contributed by atoms with van der Waals surface area (Å²) in [5.41, 5.74) is 0.566. The molecule has 3 rings (SSSR count). The van der Waals surface area contributed by atoms with E-state index in [4.69, 9.17) is 0 Å². The van der Waals surface area contributed by atoms with Crippen LogP contribution in [0.4, 0.5) is 24.7 Å². The SMILES string of the molecule is CC(=O)Nc1c(-c2cc(F)ccc2F)ccnc1N1CCC(F)C1. The van der Waals surface area contributed by atoms with E-state index in [1.165, 1.54) is 19.2 Å². The molecule has 0 spiro atoms. The molecular formula is C17H16F3N3O. The van der Waals surface area contributed by atoms with Crippen LogP contribution < -0.4 is 10.2 Å². The zero-order valence-corrected chi connectivity index (χ0v) is 13.0. The number of benzene rings is 1. The molecule has 4 nitrogen and oxygen atoms in total. The first-order chi connectivity index (χ1) is 11.5. The second-order valence-electron chi connectivity index (χ2n) is 5.69. The van der Waals surface area contributed by atoms with E-state index < -0.39 is 17.8 Å². The minimum atomic E-state index is -0.980. The average Bonchev–Trinajstić information content (AvgIpc) is 2.96. The lowest BCUT2D eigenvalue weighted by atomic mass is 10.0. The number of pyridine rings is 1. The molecule has 1 aromatic carbocycles. The van der Waals surface area contributed by atoms with Crippen LogP contribution in [0.25, 0.3) is 11.1 Å². The normalized spacial score (nSPS) is 17.2. The summed E-state index contributed by atoms with van der Waals surface area (Å²) in [6.45, 7) is 1.90. The quantitative estimate of drug-likeness (QED) is 0.933. The van der Waals surface area contributed by atoms with Gasteiger partial charge in [0.25, 0.3) is 0 Å². The molecule has 1 unspecified atom stereocenters. The lowest BCUT2D eigenvalue weighted by Gasteiger charge is -2.22. The monoisotopic (exact) mass is 335 g/mol. The predicted molar refractivity (Wildman–Crippen MR) is 85.6 cm³/mol. The van der Waals surface area contributed by atoms with Gasteiger partial charge in [0, 0.05) is 30.8 Å². The van der Waals surface area contributed by atoms with Gasteiger partial charge in [-0.05, 0) is 30.7 Å². The van der Waals surface area contributed by atoms with Gasteiger partial charge in [0.1, 0.15) is 17.8 Å². The Bertz CT molecular complexity index is 782. The summed E-state index contributed by atoms with van der Waals surface area (Å²) in [7, 11) is 0. The molecular weight excluding hydrogens is 319 g/mol. The molecule has 0 radical (unpaired) electrons. The molecule has 1 aliphatic rings. The highest BCUT2D eigenvalue weighted by Crippen LogP contribution is 2.37. The average molecular weight is 335 g/mol. The molecule has 24 heavy (non-hydrogen) atoms. The number of amides is 1. The minimum absolute atomic E-state index is 0.0124. The summed E-state index contributed by atoms with van der Waals surface area (Å²) in [6, 6.07) is 4.60. The maximum absolute atomic E-state index is 14.2. The zero-order valence-electron chi connectivity index (χ0n) is 13.0. The zero-order chi connectivity index (χ0) is 17.3. The van der Waals surface area contributed by atoms with E-state index in [2.05, 4.69) is 10.3 Å². The van der Waals surface area contributed by atoms with E-state index in [0.717, 1.165) is 18.2 Å². The van der Waals surface area contributed by atoms with Crippen LogP contribution in [-0.2, 0) is 4.79 Å². The number of hydrogen-bond acceptors (Lipinski definition) is 3. The molecule has 1 N–H and O–H groups in total. The van der Waals surface area contributed by atoms with E-state index >= 15 is 0 Å². The largest absolute Gasteiger partial charge is 0.352 e. The summed E-state index contributed by atoms with van der Waals surface area (Å²) in [5, 5.41) is 2.62. The Morgan fingerprint density at radius 1 is 1.29 bits per heavy atom. The molecule has 1 atom stereocenters. The van der Waals surface area contributed by atoms with Crippen molar-refractivity contribution >= 4 is 17.4 Å². The summed E-state index contributed by atoms with van der Waals surface area (Å²) in [4.78, 5) is 17.5. The van der Waals surface area contributed by atoms with Crippen molar-refractivity contribution in [3.8, 4) is 11.1 Å². The number of alkyl halides is 1. The lowest BCUT2D eigenvalue weighted by molar-refractivity contribution is -0.114. The van der Waals surface area contributed by atoms with Crippen molar-refractivity contribution in [2.45, 2.75) is 19.5 Å². The molecule has 7 heteroatoms. The van der Waals surface area contributed by atoms with Crippen LogP contribution >= 0.6 is 0 Å². The maximum Gasteiger partial charge on any atom is 0.221 e. The Morgan fingerprint density at radius 3 is 2.75 bits per heavy atom. The Labute approximate surface area is 137 Å². The van der Waals surface area contributed by atoms with Crippen molar-refractivity contribution < 1.29 is 18.0 Å². The predicted octanol–water partition coefficient (Wildman–Crippen LogP) is 3.53. The molecule has 0 aliphatic carbocycles. The van der Waals surface area contributed by atoms with Gasteiger partial charge in [-0.1, -0.05) is 0 Å². The first-order valence-corrected chi connectivity index (χ1v) is 7.56. The van der Waals surface area contributed by atoms with E-state index in [1.54, 1.807) is 4.90 Å². The van der Waals surface area contributed by atoms with Gasteiger partial charge in [-0.15, -0.1) is 0 Å². The molecule has 0 bridgehead atoms. The van der Waals surface area contributed by atoms with Crippen LogP contribution in [0.15, 0.2) is 30.5 Å². The van der Waals surface area contributed by atoms with Crippen LogP contribution in [0.2, 0.25) is 0 Å². The van der Waals surface area contributed by atoms with Crippen molar-refractivity contribution in [3.05, 3.63) is 42.1 Å². The molecule has 0 saturated carbocycles. The number of hydrogen-bond donors (Lipinski definition) is 1. The first-order valence-electron chi connectivity index (χ1n) is 7.56. The van der Waals surface area contributed by atoms with Gasteiger partial charge >= 0.3 is 0 Å². The second kappa shape index (κ2) is 6.51. The van der Waals surface area contributed by atoms with Gasteiger partial charge in [0.2, 0.25) is 5.91 Å². The Balaban J connectivity index is 2.15. The highest BCUT2D eigenvalue weighted by molar-refractivity contribution is 5.98. The van der Waals surface area contributed by atoms with Gasteiger partial charge in [-0.25, -0.2) is 18.2 Å². The van der Waals surface area contributed by atoms with Gasteiger partial charge in [0.05, 0.1) is 12.2 Å². The fourth-order valence-electron chi connectivity index (χ4n) is 2.83. The summed E-state index contributed by atoms with van der Waals surface area (Å²) in [6.07, 6.45) is 0.817. The number of aromatic nitrogens is 1. The van der Waals surface area contributed by atoms with Crippen molar-refractivity contribution in [1.29, 1.82) is 0 Å². The lowest BCUT2D eigenvalue weighted by Crippen LogP contribution is -2.23. The highest BCUT2D eigenvalue weighted by atomic mass is 19.1. The van der Waals surface area contributed by atoms with E-state index in [0.29, 0.717) is 24.3 Å². The van der Waals surface area contributed by atoms with Crippen molar-refractivity contribution in [3.63, 3.8) is 0 Å². The fraction of sp³-hybridized carbons (Fsp3) is 0.294. The Hall–Kier alpha value is -2.57. The third kappa shape index (κ3) is 3.20. The maximum atomic E-state index is 14.2. The number of nitrogens with zero attached hydrogens (tertiary/aromatic N) is 2. The van der Waals surface area contributed by atoms with Crippen LogP contribution in [0.5, 0.6) is 0 Å². The number of carbonyl (C=O) groups excluding carboxylic acids is 1. The van der Waals surface area contributed by atoms with Gasteiger partial charge < -0.3 is 10.2 Å². The Morgan fingerprint density at radius 2 is 2.08 bits per heavy atom. The molecule has 1 aliphatic heterocycles. The van der Waals surface area contributed by atoms with Gasteiger partial charge in [0.15, 0.2) is 5.82 Å². The number of carbonyl (C=O) groups is 1. The Kier molecular flexibility index (Phi) is 4.42. The highest BCUT2D eigenvalue weighted by Gasteiger charge is 2.27. The van der Waals surface area contributed by atoms with E-state index in [1.807, 2.05) is 0 Å². The fourth-order valence-corrected chi connectivity index (χ4v) is 2.83. The molecule has 1 fully saturated rings. The number of nitrogens with one attached hydrogen (secondary N) is 1. The summed E-state index contributed by atoms with van der Waals surface area (Å²) in [5.74, 6) is -1.24. The number of anilines is 2. The van der Waals surface area contributed by atoms with Gasteiger partial charge in [-0.3, -0.25) is 4.79 Å². The van der Waals surface area contributed by atoms with Crippen molar-refractivity contribution in [2.75, 3.05) is 23.3 Å². The molecule has 1 aromatic heterocycles. The molecule has 2 heterocycles.